The van der Waals surface area contributed by atoms with Gasteiger partial charge in [-0.05, 0) is 61.2 Å². The maximum atomic E-state index is 13.8. The highest BCUT2D eigenvalue weighted by Gasteiger charge is 2.44. The zero-order chi connectivity index (χ0) is 25.2. The van der Waals surface area contributed by atoms with E-state index in [1.807, 2.05) is 56.3 Å². The van der Waals surface area contributed by atoms with E-state index in [1.165, 1.54) is 6.08 Å². The first kappa shape index (κ1) is 23.1. The van der Waals surface area contributed by atoms with E-state index in [0.717, 1.165) is 26.1 Å². The first-order valence-electron chi connectivity index (χ1n) is 11.7. The molecule has 0 saturated carbocycles. The standard InChI is InChI=1S/C30H24N2O4/c1-3-36-24-17-13-21(14-18-24)19-26-28(33)31(23-15-11-20(2)12-16-23)30(35)32(29(26)34)27-10-6-8-22-7-4-5-9-25(22)27/h4-19H,3H2,1-2H3/b26-19+. The van der Waals surface area contributed by atoms with Crippen molar-refractivity contribution in [1.29, 1.82) is 0 Å². The van der Waals surface area contributed by atoms with Crippen LogP contribution < -0.4 is 14.5 Å². The Morgan fingerprint density at radius 3 is 2.14 bits per heavy atom. The van der Waals surface area contributed by atoms with E-state index in [4.69, 9.17) is 4.74 Å². The molecule has 0 aliphatic carbocycles. The van der Waals surface area contributed by atoms with Crippen LogP contribution in [0.2, 0.25) is 0 Å². The van der Waals surface area contributed by atoms with Crippen LogP contribution in [0.3, 0.4) is 0 Å². The summed E-state index contributed by atoms with van der Waals surface area (Å²) in [5.41, 5.74) is 2.34. The van der Waals surface area contributed by atoms with Gasteiger partial charge < -0.3 is 4.74 Å². The molecule has 0 unspecified atom stereocenters. The van der Waals surface area contributed by atoms with Crippen LogP contribution >= 0.6 is 0 Å². The first-order valence-corrected chi connectivity index (χ1v) is 11.7. The molecule has 1 fully saturated rings. The van der Waals surface area contributed by atoms with Gasteiger partial charge >= 0.3 is 6.03 Å². The van der Waals surface area contributed by atoms with Crippen molar-refractivity contribution in [2.75, 3.05) is 16.4 Å². The average molecular weight is 477 g/mol. The average Bonchev–Trinajstić information content (AvgIpc) is 2.89. The van der Waals surface area contributed by atoms with Crippen LogP contribution in [-0.2, 0) is 9.59 Å². The molecule has 0 spiro atoms. The van der Waals surface area contributed by atoms with Gasteiger partial charge in [-0.2, -0.15) is 0 Å². The molecule has 6 heteroatoms. The molecule has 6 nitrogen and oxygen atoms in total. The second kappa shape index (κ2) is 9.50. The molecule has 0 N–H and O–H groups in total. The molecule has 36 heavy (non-hydrogen) atoms. The molecule has 1 aliphatic heterocycles. The Bertz CT molecular complexity index is 1500. The Balaban J connectivity index is 1.66. The maximum Gasteiger partial charge on any atom is 0.343 e. The first-order chi connectivity index (χ1) is 17.5. The molecule has 0 atom stereocenters. The maximum absolute atomic E-state index is 13.8. The number of urea groups is 1. The third kappa shape index (κ3) is 4.14. The van der Waals surface area contributed by atoms with Crippen LogP contribution in [0.5, 0.6) is 5.75 Å². The van der Waals surface area contributed by atoms with Crippen LogP contribution in [0, 0.1) is 6.92 Å². The number of carbonyl (C=O) groups is 3. The number of anilines is 2. The summed E-state index contributed by atoms with van der Waals surface area (Å²) in [4.78, 5) is 43.3. The summed E-state index contributed by atoms with van der Waals surface area (Å²) in [5.74, 6) is -0.646. The fourth-order valence-corrected chi connectivity index (χ4v) is 4.26. The zero-order valence-electron chi connectivity index (χ0n) is 20.0. The Labute approximate surface area is 209 Å². The van der Waals surface area contributed by atoms with E-state index in [2.05, 4.69) is 0 Å². The fraction of sp³-hybridized carbons (Fsp3) is 0.100. The summed E-state index contributed by atoms with van der Waals surface area (Å²) in [6, 6.07) is 26.4. The van der Waals surface area contributed by atoms with Crippen LogP contribution in [0.4, 0.5) is 16.2 Å². The molecule has 178 valence electrons. The van der Waals surface area contributed by atoms with Crippen molar-refractivity contribution in [3.63, 3.8) is 0 Å². The minimum absolute atomic E-state index is 0.104. The second-order valence-electron chi connectivity index (χ2n) is 8.46. The lowest BCUT2D eigenvalue weighted by molar-refractivity contribution is -0.121. The number of rotatable bonds is 5. The molecule has 1 saturated heterocycles. The Morgan fingerprint density at radius 1 is 0.750 bits per heavy atom. The largest absolute Gasteiger partial charge is 0.494 e. The molecule has 4 amide bonds. The molecule has 1 aliphatic rings. The smallest absolute Gasteiger partial charge is 0.343 e. The van der Waals surface area contributed by atoms with Gasteiger partial charge in [0.15, 0.2) is 0 Å². The topological polar surface area (TPSA) is 66.9 Å². The summed E-state index contributed by atoms with van der Waals surface area (Å²) < 4.78 is 5.49. The number of hydrogen-bond donors (Lipinski definition) is 0. The third-order valence-electron chi connectivity index (χ3n) is 6.05. The molecule has 0 bridgehead atoms. The summed E-state index contributed by atoms with van der Waals surface area (Å²) in [7, 11) is 0. The Hall–Kier alpha value is -4.71. The number of carbonyl (C=O) groups excluding carboxylic acids is 3. The van der Waals surface area contributed by atoms with Crippen molar-refractivity contribution in [2.24, 2.45) is 0 Å². The van der Waals surface area contributed by atoms with E-state index in [-0.39, 0.29) is 5.57 Å². The SMILES string of the molecule is CCOc1ccc(/C=C2\C(=O)N(c3ccc(C)cc3)C(=O)N(c3cccc4ccccc34)C2=O)cc1. The van der Waals surface area contributed by atoms with Crippen molar-refractivity contribution in [3.8, 4) is 5.75 Å². The van der Waals surface area contributed by atoms with E-state index < -0.39 is 17.8 Å². The van der Waals surface area contributed by atoms with Crippen molar-refractivity contribution in [3.05, 3.63) is 108 Å². The third-order valence-corrected chi connectivity index (χ3v) is 6.05. The van der Waals surface area contributed by atoms with Gasteiger partial charge in [-0.1, -0.05) is 66.2 Å². The number of hydrogen-bond acceptors (Lipinski definition) is 4. The van der Waals surface area contributed by atoms with Gasteiger partial charge in [0.2, 0.25) is 0 Å². The quantitative estimate of drug-likeness (QED) is 0.257. The van der Waals surface area contributed by atoms with Crippen molar-refractivity contribution >= 4 is 46.1 Å². The number of fused-ring (bicyclic) bond motifs is 1. The number of imide groups is 2. The molecule has 5 rings (SSSR count). The highest BCUT2D eigenvalue weighted by molar-refractivity contribution is 6.46. The van der Waals surface area contributed by atoms with Crippen molar-refractivity contribution < 1.29 is 19.1 Å². The number of ether oxygens (including phenoxy) is 1. The highest BCUT2D eigenvalue weighted by atomic mass is 16.5. The summed E-state index contributed by atoms with van der Waals surface area (Å²) in [5, 5.41) is 1.62. The number of barbiturate groups is 1. The molecular formula is C30H24N2O4. The number of nitrogens with zero attached hydrogens (tertiary/aromatic N) is 2. The molecule has 4 aromatic carbocycles. The zero-order valence-corrected chi connectivity index (χ0v) is 20.0. The predicted octanol–water partition coefficient (Wildman–Crippen LogP) is 6.13. The second-order valence-corrected chi connectivity index (χ2v) is 8.46. The minimum atomic E-state index is -0.714. The van der Waals surface area contributed by atoms with Crippen LogP contribution in [0.15, 0.2) is 96.6 Å². The molecule has 4 aromatic rings. The van der Waals surface area contributed by atoms with E-state index in [1.54, 1.807) is 48.5 Å². The van der Waals surface area contributed by atoms with E-state index in [0.29, 0.717) is 29.3 Å². The van der Waals surface area contributed by atoms with Crippen LogP contribution in [0.25, 0.3) is 16.8 Å². The minimum Gasteiger partial charge on any atom is -0.494 e. The number of amides is 4. The van der Waals surface area contributed by atoms with E-state index >= 15 is 0 Å². The van der Waals surface area contributed by atoms with Gasteiger partial charge in [0.05, 0.1) is 18.0 Å². The van der Waals surface area contributed by atoms with Crippen LogP contribution in [0.1, 0.15) is 18.1 Å². The fourth-order valence-electron chi connectivity index (χ4n) is 4.26. The van der Waals surface area contributed by atoms with Gasteiger partial charge in [0.25, 0.3) is 11.8 Å². The van der Waals surface area contributed by atoms with Crippen molar-refractivity contribution in [2.45, 2.75) is 13.8 Å². The lowest BCUT2D eigenvalue weighted by Gasteiger charge is -2.34. The summed E-state index contributed by atoms with van der Waals surface area (Å²) in [6.45, 7) is 4.35. The predicted molar refractivity (Wildman–Crippen MR) is 141 cm³/mol. The molecule has 0 aromatic heterocycles. The summed E-state index contributed by atoms with van der Waals surface area (Å²) in [6.07, 6.45) is 1.52. The van der Waals surface area contributed by atoms with Gasteiger partial charge in [-0.25, -0.2) is 14.6 Å². The molecule has 1 heterocycles. The van der Waals surface area contributed by atoms with Gasteiger partial charge in [0.1, 0.15) is 11.3 Å². The Morgan fingerprint density at radius 2 is 1.42 bits per heavy atom. The summed E-state index contributed by atoms with van der Waals surface area (Å²) >= 11 is 0. The number of aryl methyl sites for hydroxylation is 1. The molecule has 0 radical (unpaired) electrons. The highest BCUT2D eigenvalue weighted by Crippen LogP contribution is 2.34. The normalized spacial score (nSPS) is 15.2. The number of benzene rings is 4. The van der Waals surface area contributed by atoms with Gasteiger partial charge in [-0.15, -0.1) is 0 Å². The van der Waals surface area contributed by atoms with E-state index in [9.17, 15) is 14.4 Å². The Kier molecular flexibility index (Phi) is 6.09. The lowest BCUT2D eigenvalue weighted by Crippen LogP contribution is -2.57. The molecular weight excluding hydrogens is 452 g/mol. The van der Waals surface area contributed by atoms with Crippen molar-refractivity contribution in [1.82, 2.24) is 0 Å². The monoisotopic (exact) mass is 476 g/mol. The van der Waals surface area contributed by atoms with Gasteiger partial charge in [0, 0.05) is 5.39 Å². The van der Waals surface area contributed by atoms with Gasteiger partial charge in [-0.3, -0.25) is 9.59 Å². The van der Waals surface area contributed by atoms with Crippen LogP contribution in [-0.4, -0.2) is 24.5 Å². The lowest BCUT2D eigenvalue weighted by atomic mass is 10.0.